The normalized spacial score (nSPS) is 32.2. The van der Waals surface area contributed by atoms with Crippen molar-refractivity contribution >= 4 is 17.7 Å². The molecule has 1 amide bonds. The van der Waals surface area contributed by atoms with Crippen molar-refractivity contribution in [2.45, 2.75) is 24.5 Å². The van der Waals surface area contributed by atoms with Crippen LogP contribution in [0.1, 0.15) is 19.3 Å². The van der Waals surface area contributed by atoms with E-state index in [0.29, 0.717) is 18.2 Å². The van der Waals surface area contributed by atoms with Crippen LogP contribution in [0.15, 0.2) is 0 Å². The van der Waals surface area contributed by atoms with Crippen molar-refractivity contribution in [1.29, 1.82) is 5.26 Å². The van der Waals surface area contributed by atoms with E-state index in [1.54, 1.807) is 0 Å². The monoisotopic (exact) mass is 210 g/mol. The summed E-state index contributed by atoms with van der Waals surface area (Å²) >= 11 is 1.96. The number of thioether (sulfide) groups is 1. The third-order valence-electron chi connectivity index (χ3n) is 2.85. The van der Waals surface area contributed by atoms with Crippen LogP contribution in [0.4, 0.5) is 0 Å². The van der Waals surface area contributed by atoms with Crippen LogP contribution in [0.25, 0.3) is 0 Å². The van der Waals surface area contributed by atoms with Crippen LogP contribution >= 0.6 is 11.8 Å². The lowest BCUT2D eigenvalue weighted by Crippen LogP contribution is -2.31. The number of nitriles is 1. The molecule has 0 N–H and O–H groups in total. The summed E-state index contributed by atoms with van der Waals surface area (Å²) in [5.41, 5.74) is 0. The molecule has 0 radical (unpaired) electrons. The molecule has 2 aliphatic heterocycles. The zero-order valence-electron chi connectivity index (χ0n) is 8.11. The average molecular weight is 210 g/mol. The van der Waals surface area contributed by atoms with E-state index in [1.807, 2.05) is 16.7 Å². The minimum atomic E-state index is -0.0612. The maximum atomic E-state index is 11.5. The number of likely N-dealkylation sites (tertiary alicyclic amines) is 1. The molecule has 0 aromatic carbocycles. The van der Waals surface area contributed by atoms with E-state index in [1.165, 1.54) is 18.6 Å². The first-order valence-electron chi connectivity index (χ1n) is 5.08. The molecule has 76 valence electrons. The Labute approximate surface area is 88.4 Å². The van der Waals surface area contributed by atoms with Gasteiger partial charge in [-0.3, -0.25) is 4.79 Å². The summed E-state index contributed by atoms with van der Waals surface area (Å²) in [5, 5.41) is 9.35. The Hall–Kier alpha value is -0.690. The van der Waals surface area contributed by atoms with Crippen molar-refractivity contribution in [3.63, 3.8) is 0 Å². The van der Waals surface area contributed by atoms with E-state index in [4.69, 9.17) is 5.26 Å². The predicted octanol–water partition coefficient (Wildman–Crippen LogP) is 1.25. The second-order valence-electron chi connectivity index (χ2n) is 3.96. The Morgan fingerprint density at radius 1 is 1.64 bits per heavy atom. The fourth-order valence-corrected chi connectivity index (χ4v) is 3.35. The van der Waals surface area contributed by atoms with Crippen LogP contribution in [0, 0.1) is 17.2 Å². The summed E-state index contributed by atoms with van der Waals surface area (Å²) in [4.78, 5) is 13.4. The molecule has 0 aromatic rings. The first-order valence-corrected chi connectivity index (χ1v) is 6.13. The van der Waals surface area contributed by atoms with Gasteiger partial charge < -0.3 is 4.90 Å². The number of rotatable bonds is 2. The molecule has 0 saturated carbocycles. The number of hydrogen-bond acceptors (Lipinski definition) is 3. The van der Waals surface area contributed by atoms with Gasteiger partial charge in [0.1, 0.15) is 0 Å². The fourth-order valence-electron chi connectivity index (χ4n) is 2.07. The number of amides is 1. The minimum Gasteiger partial charge on any atom is -0.340 e. The van der Waals surface area contributed by atoms with Crippen molar-refractivity contribution in [3.8, 4) is 6.07 Å². The van der Waals surface area contributed by atoms with Gasteiger partial charge in [0.15, 0.2) is 0 Å². The van der Waals surface area contributed by atoms with E-state index >= 15 is 0 Å². The molecular formula is C10H14N2OS. The van der Waals surface area contributed by atoms with Gasteiger partial charge in [-0.1, -0.05) is 0 Å². The van der Waals surface area contributed by atoms with Gasteiger partial charge >= 0.3 is 0 Å². The standard InChI is InChI=1S/C10H14N2OS/c11-5-8-4-10(13)12(6-8)7-9-2-1-3-14-9/h8-9H,1-4,6-7H2. The molecule has 2 fully saturated rings. The van der Waals surface area contributed by atoms with E-state index in [0.717, 1.165) is 6.54 Å². The molecule has 0 bridgehead atoms. The zero-order valence-corrected chi connectivity index (χ0v) is 8.92. The first kappa shape index (κ1) is 9.85. The molecule has 0 aliphatic carbocycles. The molecule has 2 rings (SSSR count). The Morgan fingerprint density at radius 3 is 3.07 bits per heavy atom. The van der Waals surface area contributed by atoms with Gasteiger partial charge in [-0.15, -0.1) is 0 Å². The smallest absolute Gasteiger partial charge is 0.224 e. The summed E-state index contributed by atoms with van der Waals surface area (Å²) in [6.45, 7) is 1.52. The molecule has 2 heterocycles. The van der Waals surface area contributed by atoms with E-state index in [2.05, 4.69) is 6.07 Å². The zero-order chi connectivity index (χ0) is 9.97. The first-order chi connectivity index (χ1) is 6.79. The molecule has 2 unspecified atom stereocenters. The van der Waals surface area contributed by atoms with Crippen LogP contribution in [0.2, 0.25) is 0 Å². The SMILES string of the molecule is N#CC1CC(=O)N(CC2CCCS2)C1. The van der Waals surface area contributed by atoms with Crippen LogP contribution in [-0.4, -0.2) is 34.9 Å². The largest absolute Gasteiger partial charge is 0.340 e. The highest BCUT2D eigenvalue weighted by Gasteiger charge is 2.31. The Balaban J connectivity index is 1.86. The second kappa shape index (κ2) is 4.22. The topological polar surface area (TPSA) is 44.1 Å². The highest BCUT2D eigenvalue weighted by Crippen LogP contribution is 2.28. The second-order valence-corrected chi connectivity index (χ2v) is 5.37. The summed E-state index contributed by atoms with van der Waals surface area (Å²) < 4.78 is 0. The van der Waals surface area contributed by atoms with E-state index < -0.39 is 0 Å². The van der Waals surface area contributed by atoms with E-state index in [9.17, 15) is 4.79 Å². The van der Waals surface area contributed by atoms with Gasteiger partial charge in [-0.2, -0.15) is 17.0 Å². The van der Waals surface area contributed by atoms with Gasteiger partial charge in [0.05, 0.1) is 12.0 Å². The van der Waals surface area contributed by atoms with Crippen LogP contribution < -0.4 is 0 Å². The maximum Gasteiger partial charge on any atom is 0.224 e. The van der Waals surface area contributed by atoms with Crippen molar-refractivity contribution in [2.75, 3.05) is 18.8 Å². The molecule has 14 heavy (non-hydrogen) atoms. The third-order valence-corrected chi connectivity index (χ3v) is 4.23. The van der Waals surface area contributed by atoms with Crippen LogP contribution in [0.3, 0.4) is 0 Å². The summed E-state index contributed by atoms with van der Waals surface area (Å²) in [6, 6.07) is 2.18. The number of carbonyl (C=O) groups excluding carboxylic acids is 1. The van der Waals surface area contributed by atoms with Crippen LogP contribution in [0.5, 0.6) is 0 Å². The van der Waals surface area contributed by atoms with Gasteiger partial charge in [0, 0.05) is 24.8 Å². The molecule has 2 aliphatic rings. The summed E-state index contributed by atoms with van der Waals surface area (Å²) in [7, 11) is 0. The summed E-state index contributed by atoms with van der Waals surface area (Å²) in [5.74, 6) is 1.34. The highest BCUT2D eigenvalue weighted by atomic mass is 32.2. The Morgan fingerprint density at radius 2 is 2.50 bits per heavy atom. The predicted molar refractivity (Wildman–Crippen MR) is 55.8 cm³/mol. The highest BCUT2D eigenvalue weighted by molar-refractivity contribution is 8.00. The van der Waals surface area contributed by atoms with Gasteiger partial charge in [0.2, 0.25) is 5.91 Å². The van der Waals surface area contributed by atoms with Crippen molar-refractivity contribution in [3.05, 3.63) is 0 Å². The average Bonchev–Trinajstić information content (AvgIpc) is 2.78. The molecule has 2 atom stereocenters. The lowest BCUT2D eigenvalue weighted by atomic mass is 10.1. The lowest BCUT2D eigenvalue weighted by Gasteiger charge is -2.19. The minimum absolute atomic E-state index is 0.0612. The molecule has 0 spiro atoms. The molecule has 3 nitrogen and oxygen atoms in total. The van der Waals surface area contributed by atoms with Gasteiger partial charge in [-0.05, 0) is 18.6 Å². The Bertz CT molecular complexity index is 268. The molecule has 4 heteroatoms. The van der Waals surface area contributed by atoms with Gasteiger partial charge in [0.25, 0.3) is 0 Å². The fraction of sp³-hybridized carbons (Fsp3) is 0.800. The Kier molecular flexibility index (Phi) is 2.97. The summed E-state index contributed by atoms with van der Waals surface area (Å²) in [6.07, 6.45) is 2.94. The molecule has 2 saturated heterocycles. The van der Waals surface area contributed by atoms with Crippen molar-refractivity contribution in [2.24, 2.45) is 5.92 Å². The molecular weight excluding hydrogens is 196 g/mol. The number of hydrogen-bond donors (Lipinski definition) is 0. The van der Waals surface area contributed by atoms with E-state index in [-0.39, 0.29) is 11.8 Å². The maximum absolute atomic E-state index is 11.5. The third kappa shape index (κ3) is 2.03. The number of carbonyl (C=O) groups is 1. The van der Waals surface area contributed by atoms with Crippen molar-refractivity contribution < 1.29 is 4.79 Å². The van der Waals surface area contributed by atoms with Gasteiger partial charge in [-0.25, -0.2) is 0 Å². The molecule has 0 aromatic heterocycles. The number of nitrogens with zero attached hydrogens (tertiary/aromatic N) is 2. The van der Waals surface area contributed by atoms with Crippen LogP contribution in [-0.2, 0) is 4.79 Å². The quantitative estimate of drug-likeness (QED) is 0.689. The van der Waals surface area contributed by atoms with Crippen molar-refractivity contribution in [1.82, 2.24) is 4.90 Å². The lowest BCUT2D eigenvalue weighted by molar-refractivity contribution is -0.127.